The lowest BCUT2D eigenvalue weighted by Crippen LogP contribution is -2.46. The van der Waals surface area contributed by atoms with Gasteiger partial charge in [-0.2, -0.15) is 5.26 Å². The van der Waals surface area contributed by atoms with Gasteiger partial charge in [-0.25, -0.2) is 0 Å². The van der Waals surface area contributed by atoms with Gasteiger partial charge in [-0.15, -0.1) is 0 Å². The van der Waals surface area contributed by atoms with Gasteiger partial charge < -0.3 is 5.73 Å². The Morgan fingerprint density at radius 3 is 2.50 bits per heavy atom. The van der Waals surface area contributed by atoms with Gasteiger partial charge in [0, 0.05) is 19.6 Å². The highest BCUT2D eigenvalue weighted by Crippen LogP contribution is 2.37. The largest absolute Gasteiger partial charge is 0.313 e. The number of nitrogens with zero attached hydrogens (tertiary/aromatic N) is 2. The molecule has 0 amide bonds. The molecule has 0 radical (unpaired) electrons. The zero-order valence-electron chi connectivity index (χ0n) is 8.87. The quantitative estimate of drug-likeness (QED) is 0.710. The number of likely N-dealkylation sites (tertiary alicyclic amines) is 1. The third-order valence-electron chi connectivity index (χ3n) is 3.61. The third kappa shape index (κ3) is 1.92. The fourth-order valence-electron chi connectivity index (χ4n) is 2.96. The predicted octanol–water partition coefficient (Wildman–Crippen LogP) is 0.959. The van der Waals surface area contributed by atoms with E-state index in [9.17, 15) is 0 Å². The summed E-state index contributed by atoms with van der Waals surface area (Å²) in [6.07, 6.45) is 4.17. The molecule has 1 aliphatic carbocycles. The van der Waals surface area contributed by atoms with Crippen molar-refractivity contribution < 1.29 is 0 Å². The molecule has 1 saturated heterocycles. The molecule has 1 aliphatic heterocycles. The molecule has 3 atom stereocenters. The van der Waals surface area contributed by atoms with E-state index >= 15 is 0 Å². The Morgan fingerprint density at radius 1 is 1.43 bits per heavy atom. The maximum Gasteiger partial charge on any atom is 0.114 e. The number of hydrogen-bond acceptors (Lipinski definition) is 3. The molecular weight excluding hydrogens is 174 g/mol. The summed E-state index contributed by atoms with van der Waals surface area (Å²) in [5.74, 6) is 1.79. The molecule has 2 aliphatic rings. The molecule has 3 heteroatoms. The van der Waals surface area contributed by atoms with Crippen LogP contribution in [0.4, 0.5) is 0 Å². The number of rotatable bonds is 2. The van der Waals surface area contributed by atoms with Gasteiger partial charge in [-0.05, 0) is 31.6 Å². The van der Waals surface area contributed by atoms with E-state index in [0.717, 1.165) is 18.4 Å². The van der Waals surface area contributed by atoms with Gasteiger partial charge in [-0.3, -0.25) is 4.90 Å². The van der Waals surface area contributed by atoms with E-state index in [1.54, 1.807) is 0 Å². The van der Waals surface area contributed by atoms with E-state index in [-0.39, 0.29) is 0 Å². The van der Waals surface area contributed by atoms with Crippen molar-refractivity contribution in [2.75, 3.05) is 19.6 Å². The summed E-state index contributed by atoms with van der Waals surface area (Å²) in [7, 11) is 0. The van der Waals surface area contributed by atoms with Crippen molar-refractivity contribution in [3.05, 3.63) is 0 Å². The van der Waals surface area contributed by atoms with Crippen LogP contribution in [0.5, 0.6) is 0 Å². The lowest BCUT2D eigenvalue weighted by atomic mass is 10.0. The standard InChI is InChI=1S/C11H19N3/c1-11(13,7-12)8-14-5-9-3-2-4-10(9)6-14/h9-10H,2-6,8,13H2,1H3. The van der Waals surface area contributed by atoms with Gasteiger partial charge in [-0.1, -0.05) is 6.42 Å². The average molecular weight is 193 g/mol. The van der Waals surface area contributed by atoms with Crippen LogP contribution in [0.25, 0.3) is 0 Å². The van der Waals surface area contributed by atoms with Crippen LogP contribution in [-0.4, -0.2) is 30.1 Å². The zero-order chi connectivity index (χ0) is 10.2. The van der Waals surface area contributed by atoms with Crippen molar-refractivity contribution in [2.45, 2.75) is 31.7 Å². The van der Waals surface area contributed by atoms with Gasteiger partial charge in [0.15, 0.2) is 0 Å². The number of hydrogen-bond donors (Lipinski definition) is 1. The molecule has 0 aromatic rings. The Hall–Kier alpha value is -0.590. The van der Waals surface area contributed by atoms with Crippen LogP contribution in [0, 0.1) is 23.2 Å². The van der Waals surface area contributed by atoms with Gasteiger partial charge >= 0.3 is 0 Å². The molecule has 78 valence electrons. The van der Waals surface area contributed by atoms with Crippen LogP contribution in [-0.2, 0) is 0 Å². The van der Waals surface area contributed by atoms with Gasteiger partial charge in [0.05, 0.1) is 6.07 Å². The fraction of sp³-hybridized carbons (Fsp3) is 0.909. The van der Waals surface area contributed by atoms with E-state index in [4.69, 9.17) is 11.0 Å². The lowest BCUT2D eigenvalue weighted by molar-refractivity contribution is 0.271. The molecule has 14 heavy (non-hydrogen) atoms. The first-order valence-corrected chi connectivity index (χ1v) is 5.53. The highest BCUT2D eigenvalue weighted by molar-refractivity contribution is 5.04. The Morgan fingerprint density at radius 2 is 2.00 bits per heavy atom. The second-order valence-corrected chi connectivity index (χ2v) is 5.17. The summed E-state index contributed by atoms with van der Waals surface area (Å²) >= 11 is 0. The minimum Gasteiger partial charge on any atom is -0.313 e. The molecule has 0 aromatic heterocycles. The van der Waals surface area contributed by atoms with Crippen molar-refractivity contribution in [2.24, 2.45) is 17.6 Å². The van der Waals surface area contributed by atoms with Crippen LogP contribution in [0.15, 0.2) is 0 Å². The van der Waals surface area contributed by atoms with Crippen molar-refractivity contribution in [3.63, 3.8) is 0 Å². The predicted molar refractivity (Wildman–Crippen MR) is 55.5 cm³/mol. The molecule has 2 fully saturated rings. The first-order valence-electron chi connectivity index (χ1n) is 5.53. The molecule has 1 saturated carbocycles. The Balaban J connectivity index is 1.88. The molecule has 3 nitrogen and oxygen atoms in total. The maximum atomic E-state index is 8.86. The fourth-order valence-corrected chi connectivity index (χ4v) is 2.96. The maximum absolute atomic E-state index is 8.86. The molecule has 0 bridgehead atoms. The summed E-state index contributed by atoms with van der Waals surface area (Å²) in [6, 6.07) is 2.17. The van der Waals surface area contributed by atoms with E-state index in [0.29, 0.717) is 0 Å². The van der Waals surface area contributed by atoms with Crippen molar-refractivity contribution in [1.29, 1.82) is 5.26 Å². The smallest absolute Gasteiger partial charge is 0.114 e. The normalized spacial score (nSPS) is 36.4. The zero-order valence-corrected chi connectivity index (χ0v) is 8.87. The van der Waals surface area contributed by atoms with E-state index in [2.05, 4.69) is 11.0 Å². The highest BCUT2D eigenvalue weighted by atomic mass is 15.2. The Labute approximate surface area is 85.9 Å². The molecular formula is C11H19N3. The third-order valence-corrected chi connectivity index (χ3v) is 3.61. The highest BCUT2D eigenvalue weighted by Gasteiger charge is 2.37. The van der Waals surface area contributed by atoms with E-state index in [1.807, 2.05) is 6.92 Å². The SMILES string of the molecule is CC(N)(C#N)CN1CC2CCCC2C1. The number of nitrogens with two attached hydrogens (primary N) is 1. The summed E-state index contributed by atoms with van der Waals surface area (Å²) in [5.41, 5.74) is 5.18. The first kappa shape index (κ1) is 9.95. The summed E-state index contributed by atoms with van der Waals surface area (Å²) < 4.78 is 0. The molecule has 3 unspecified atom stereocenters. The van der Waals surface area contributed by atoms with Gasteiger partial charge in [0.25, 0.3) is 0 Å². The second-order valence-electron chi connectivity index (χ2n) is 5.17. The lowest BCUT2D eigenvalue weighted by Gasteiger charge is -2.24. The van der Waals surface area contributed by atoms with Crippen LogP contribution in [0.2, 0.25) is 0 Å². The minimum atomic E-state index is -0.668. The molecule has 2 N–H and O–H groups in total. The van der Waals surface area contributed by atoms with Crippen molar-refractivity contribution >= 4 is 0 Å². The Bertz CT molecular complexity index is 242. The molecule has 2 rings (SSSR count). The summed E-state index contributed by atoms with van der Waals surface area (Å²) in [6.45, 7) is 4.88. The van der Waals surface area contributed by atoms with Crippen LogP contribution < -0.4 is 5.73 Å². The summed E-state index contributed by atoms with van der Waals surface area (Å²) in [4.78, 5) is 2.37. The minimum absolute atomic E-state index is 0.668. The van der Waals surface area contributed by atoms with Crippen LogP contribution in [0.3, 0.4) is 0 Å². The monoisotopic (exact) mass is 193 g/mol. The van der Waals surface area contributed by atoms with Crippen molar-refractivity contribution in [3.8, 4) is 6.07 Å². The number of fused-ring (bicyclic) bond motifs is 1. The topological polar surface area (TPSA) is 53.1 Å². The van der Waals surface area contributed by atoms with E-state index < -0.39 is 5.54 Å². The number of nitriles is 1. The van der Waals surface area contributed by atoms with E-state index in [1.165, 1.54) is 32.4 Å². The van der Waals surface area contributed by atoms with Crippen LogP contribution >= 0.6 is 0 Å². The molecule has 0 aromatic carbocycles. The Kier molecular flexibility index (Phi) is 2.50. The van der Waals surface area contributed by atoms with Crippen LogP contribution in [0.1, 0.15) is 26.2 Å². The average Bonchev–Trinajstić information content (AvgIpc) is 2.63. The molecule has 1 heterocycles. The summed E-state index contributed by atoms with van der Waals surface area (Å²) in [5, 5.41) is 8.86. The van der Waals surface area contributed by atoms with Gasteiger partial charge in [0.2, 0.25) is 0 Å². The first-order chi connectivity index (χ1) is 6.61. The van der Waals surface area contributed by atoms with Crippen molar-refractivity contribution in [1.82, 2.24) is 4.90 Å². The molecule has 0 spiro atoms. The second kappa shape index (κ2) is 3.52. The van der Waals surface area contributed by atoms with Gasteiger partial charge in [0.1, 0.15) is 5.54 Å².